The molecule has 1 fully saturated rings. The number of rotatable bonds is 17. The van der Waals surface area contributed by atoms with Crippen LogP contribution in [0.3, 0.4) is 0 Å². The van der Waals surface area contributed by atoms with Crippen molar-refractivity contribution < 1.29 is 52.0 Å². The van der Waals surface area contributed by atoms with Crippen LogP contribution in [0.25, 0.3) is 11.2 Å². The summed E-state index contributed by atoms with van der Waals surface area (Å²) in [5.41, 5.74) is 6.80. The van der Waals surface area contributed by atoms with Crippen LogP contribution in [0.5, 0.6) is 0 Å². The number of amides is 1. The van der Waals surface area contributed by atoms with Gasteiger partial charge in [-0.3, -0.25) is 28.2 Å². The lowest BCUT2D eigenvalue weighted by molar-refractivity contribution is -0.122. The van der Waals surface area contributed by atoms with Crippen molar-refractivity contribution in [1.29, 1.82) is 0 Å². The number of carbonyl (C=O) groups excluding carboxylic acids is 1. The zero-order chi connectivity index (χ0) is 35.9. The maximum Gasteiger partial charge on any atom is 0.481 e. The number of aliphatic hydroxyl groups excluding tert-OH is 2. The van der Waals surface area contributed by atoms with Crippen molar-refractivity contribution in [3.8, 4) is 0 Å². The molecule has 270 valence electrons. The molecule has 8 N–H and O–H groups in total. The molecular weight excluding hydrogens is 698 g/mol. The number of ether oxygens (including phenoxy) is 1. The summed E-state index contributed by atoms with van der Waals surface area (Å²) >= 11 is 0. The number of H-pyrrole nitrogens is 1. The number of nitrogens with one attached hydrogen (secondary N) is 2. The molecule has 1 amide bonds. The van der Waals surface area contributed by atoms with E-state index in [1.807, 2.05) is 60.7 Å². The number of nitrogens with two attached hydrogens (primary N) is 1. The van der Waals surface area contributed by atoms with Crippen LogP contribution in [0.2, 0.25) is 0 Å². The fourth-order valence-corrected chi connectivity index (χ4v) is 7.48. The number of anilines is 1. The maximum atomic E-state index is 12.7. The summed E-state index contributed by atoms with van der Waals surface area (Å²) in [6, 6.07) is 19.2. The Hall–Kier alpha value is -3.80. The average molecular weight is 737 g/mol. The van der Waals surface area contributed by atoms with E-state index >= 15 is 0 Å². The highest BCUT2D eigenvalue weighted by Gasteiger charge is 2.46. The van der Waals surface area contributed by atoms with Gasteiger partial charge in [0.2, 0.25) is 11.9 Å². The minimum absolute atomic E-state index is 0.0580. The van der Waals surface area contributed by atoms with Crippen molar-refractivity contribution in [1.82, 2.24) is 24.8 Å². The van der Waals surface area contributed by atoms with E-state index in [0.29, 0.717) is 19.3 Å². The van der Waals surface area contributed by atoms with E-state index in [1.165, 1.54) is 0 Å². The Morgan fingerprint density at radius 2 is 1.68 bits per heavy atom. The summed E-state index contributed by atoms with van der Waals surface area (Å²) in [5, 5.41) is 24.0. The highest BCUT2D eigenvalue weighted by molar-refractivity contribution is 7.61. The average Bonchev–Trinajstić information content (AvgIpc) is 3.61. The summed E-state index contributed by atoms with van der Waals surface area (Å²) in [6.07, 6.45) is -2.99. The molecule has 2 aromatic heterocycles. The zero-order valence-corrected chi connectivity index (χ0v) is 28.3. The van der Waals surface area contributed by atoms with Crippen molar-refractivity contribution >= 4 is 38.7 Å². The molecule has 5 rings (SSSR count). The molecule has 0 aliphatic carbocycles. The smallest absolute Gasteiger partial charge is 0.387 e. The van der Waals surface area contributed by atoms with E-state index < -0.39 is 52.4 Å². The SMILES string of the molecule is Nc1nc2c(ncn2[C@@H]2O[C@H](COP(=O)(O)OP(=O)(O)OCCCCCC(=O)NC(Cc3ccccc3)c3ccccc3)[C@@H](O)[C@H]2O)c(=O)[nH]1. The van der Waals surface area contributed by atoms with Gasteiger partial charge >= 0.3 is 15.6 Å². The minimum atomic E-state index is -5.24. The first-order valence-electron chi connectivity index (χ1n) is 15.6. The molecule has 1 aliphatic rings. The number of fused-ring (bicyclic) bond motifs is 1. The van der Waals surface area contributed by atoms with E-state index in [4.69, 9.17) is 19.5 Å². The third-order valence-corrected chi connectivity index (χ3v) is 10.4. The second-order valence-corrected chi connectivity index (χ2v) is 14.5. The molecule has 18 nitrogen and oxygen atoms in total. The van der Waals surface area contributed by atoms with E-state index in [9.17, 15) is 38.7 Å². The van der Waals surface area contributed by atoms with Crippen LogP contribution in [0, 0.1) is 0 Å². The monoisotopic (exact) mass is 736 g/mol. The van der Waals surface area contributed by atoms with Crippen LogP contribution in [0.1, 0.15) is 49.1 Å². The van der Waals surface area contributed by atoms with Crippen LogP contribution in [-0.2, 0) is 38.4 Å². The Morgan fingerprint density at radius 3 is 2.40 bits per heavy atom. The van der Waals surface area contributed by atoms with Gasteiger partial charge < -0.3 is 35.8 Å². The van der Waals surface area contributed by atoms with Gasteiger partial charge in [-0.25, -0.2) is 14.1 Å². The quantitative estimate of drug-likeness (QED) is 0.0605. The van der Waals surface area contributed by atoms with E-state index in [-0.39, 0.29) is 48.5 Å². The second-order valence-electron chi connectivity index (χ2n) is 11.5. The van der Waals surface area contributed by atoms with Crippen molar-refractivity contribution in [2.24, 2.45) is 0 Å². The van der Waals surface area contributed by atoms with E-state index in [1.54, 1.807) is 0 Å². The molecule has 1 saturated heterocycles. The third kappa shape index (κ3) is 9.92. The van der Waals surface area contributed by atoms with Crippen LogP contribution >= 0.6 is 15.6 Å². The summed E-state index contributed by atoms with van der Waals surface area (Å²) in [4.78, 5) is 54.9. The van der Waals surface area contributed by atoms with Crippen molar-refractivity contribution in [2.45, 2.75) is 62.7 Å². The zero-order valence-electron chi connectivity index (χ0n) is 26.6. The summed E-state index contributed by atoms with van der Waals surface area (Å²) in [5.74, 6) is -0.392. The fraction of sp³-hybridized carbons (Fsp3) is 0.400. The number of hydrogen-bond donors (Lipinski definition) is 7. The predicted molar refractivity (Wildman–Crippen MR) is 177 cm³/mol. The molecular formula is C30H38N6O12P2. The Morgan fingerprint density at radius 1 is 1.00 bits per heavy atom. The van der Waals surface area contributed by atoms with Crippen LogP contribution < -0.4 is 16.6 Å². The van der Waals surface area contributed by atoms with Gasteiger partial charge in [-0.2, -0.15) is 9.29 Å². The topological polar surface area (TPSA) is 271 Å². The first-order chi connectivity index (χ1) is 23.8. The molecule has 3 heterocycles. The molecule has 4 aromatic rings. The largest absolute Gasteiger partial charge is 0.481 e. The van der Waals surface area contributed by atoms with Crippen LogP contribution in [0.15, 0.2) is 71.8 Å². The Labute approximate surface area is 285 Å². The summed E-state index contributed by atoms with van der Waals surface area (Å²) < 4.78 is 45.4. The lowest BCUT2D eigenvalue weighted by Crippen LogP contribution is -2.33. The van der Waals surface area contributed by atoms with Crippen molar-refractivity contribution in [3.63, 3.8) is 0 Å². The molecule has 0 spiro atoms. The van der Waals surface area contributed by atoms with Crippen LogP contribution in [-0.4, -0.2) is 77.0 Å². The van der Waals surface area contributed by atoms with Gasteiger partial charge in [0.15, 0.2) is 17.4 Å². The predicted octanol–water partition coefficient (Wildman–Crippen LogP) is 2.23. The molecule has 50 heavy (non-hydrogen) atoms. The Kier molecular flexibility index (Phi) is 12.3. The number of aromatic nitrogens is 4. The number of unbranched alkanes of at least 4 members (excludes halogenated alkanes) is 2. The van der Waals surface area contributed by atoms with Gasteiger partial charge in [0.05, 0.1) is 25.6 Å². The second kappa shape index (κ2) is 16.5. The van der Waals surface area contributed by atoms with Gasteiger partial charge in [-0.15, -0.1) is 0 Å². The Balaban J connectivity index is 1.03. The van der Waals surface area contributed by atoms with Crippen LogP contribution in [0.4, 0.5) is 5.95 Å². The van der Waals surface area contributed by atoms with Gasteiger partial charge in [0.25, 0.3) is 5.56 Å². The number of hydrogen-bond acceptors (Lipinski definition) is 13. The summed E-state index contributed by atoms with van der Waals surface area (Å²) in [6.45, 7) is -1.18. The van der Waals surface area contributed by atoms with Crippen molar-refractivity contribution in [2.75, 3.05) is 18.9 Å². The molecule has 1 aliphatic heterocycles. The number of phosphoric ester groups is 2. The van der Waals surface area contributed by atoms with E-state index in [2.05, 4.69) is 24.6 Å². The molecule has 0 radical (unpaired) electrons. The number of phosphoric acid groups is 2. The molecule has 7 atom stereocenters. The van der Waals surface area contributed by atoms with Crippen molar-refractivity contribution in [3.05, 3.63) is 88.5 Å². The van der Waals surface area contributed by atoms with E-state index in [0.717, 1.165) is 22.0 Å². The van der Waals surface area contributed by atoms with Gasteiger partial charge in [0.1, 0.15) is 18.3 Å². The first kappa shape index (κ1) is 37.5. The molecule has 3 unspecified atom stereocenters. The lowest BCUT2D eigenvalue weighted by atomic mass is 9.98. The number of carbonyl (C=O) groups is 1. The van der Waals surface area contributed by atoms with Gasteiger partial charge in [-0.1, -0.05) is 67.1 Å². The standard InChI is InChI=1S/C30H38N6O12P2/c31-30-34-27-24(28(40)35-30)32-18-36(27)29-26(39)25(38)22(47-29)17-46-50(43,44)48-49(41,42)45-15-9-3-8-14-23(37)33-21(20-12-6-2-7-13-20)16-19-10-4-1-5-11-19/h1-2,4-7,10-13,18,21-22,25-26,29,38-39H,3,8-9,14-17H2,(H,33,37)(H,41,42)(H,43,44)(H3,31,34,35,40)/t21?,22-,25-,26-,29-/m1/s1. The number of aliphatic hydroxyl groups is 2. The molecule has 2 aromatic carbocycles. The summed E-state index contributed by atoms with van der Waals surface area (Å²) in [7, 11) is -10.3. The highest BCUT2D eigenvalue weighted by Crippen LogP contribution is 2.60. The third-order valence-electron chi connectivity index (χ3n) is 7.79. The lowest BCUT2D eigenvalue weighted by Gasteiger charge is -2.20. The minimum Gasteiger partial charge on any atom is -0.387 e. The molecule has 20 heteroatoms. The fourth-order valence-electron chi connectivity index (χ4n) is 5.37. The first-order valence-corrected chi connectivity index (χ1v) is 18.6. The highest BCUT2D eigenvalue weighted by atomic mass is 31.3. The maximum absolute atomic E-state index is 12.7. The number of nitrogen functional groups attached to an aromatic ring is 1. The molecule has 0 saturated carbocycles. The Bertz CT molecular complexity index is 1900. The molecule has 0 bridgehead atoms. The number of aromatic amines is 1. The number of benzene rings is 2. The number of nitrogens with zero attached hydrogens (tertiary/aromatic N) is 3. The number of imidazole rings is 1. The normalized spacial score (nSPS) is 22.2. The van der Waals surface area contributed by atoms with Gasteiger partial charge in [0, 0.05) is 6.42 Å². The van der Waals surface area contributed by atoms with Gasteiger partial charge in [-0.05, 0) is 30.4 Å².